The number of fused-ring (bicyclic) bond motifs is 12. The van der Waals surface area contributed by atoms with E-state index in [9.17, 15) is 0 Å². The van der Waals surface area contributed by atoms with Crippen molar-refractivity contribution < 1.29 is 0 Å². The van der Waals surface area contributed by atoms with E-state index in [0.717, 1.165) is 47.5 Å². The van der Waals surface area contributed by atoms with E-state index in [0.29, 0.717) is 11.8 Å². The van der Waals surface area contributed by atoms with E-state index in [4.69, 9.17) is 9.98 Å². The van der Waals surface area contributed by atoms with E-state index in [1.165, 1.54) is 55.2 Å². The Morgan fingerprint density at radius 1 is 0.978 bits per heavy atom. The summed E-state index contributed by atoms with van der Waals surface area (Å²) < 4.78 is 2.44. The fourth-order valence-electron chi connectivity index (χ4n) is 9.06. The highest BCUT2D eigenvalue weighted by Crippen LogP contribution is 2.47. The fourth-order valence-corrected chi connectivity index (χ4v) is 9.06. The quantitative estimate of drug-likeness (QED) is 0.286. The topological polar surface area (TPSA) is 42.0 Å². The maximum atomic E-state index is 5.39. The molecule has 1 aliphatic heterocycles. The van der Waals surface area contributed by atoms with E-state index < -0.39 is 0 Å². The van der Waals surface area contributed by atoms with Gasteiger partial charge in [0.15, 0.2) is 0 Å². The van der Waals surface area contributed by atoms with Crippen molar-refractivity contribution >= 4 is 53.0 Å². The molecule has 0 saturated carbocycles. The zero-order valence-electron chi connectivity index (χ0n) is 26.8. The first kappa shape index (κ1) is 27.5. The Morgan fingerprint density at radius 2 is 1.80 bits per heavy atom. The van der Waals surface area contributed by atoms with E-state index in [2.05, 4.69) is 115 Å². The average Bonchev–Trinajstić information content (AvgIpc) is 3.50. The maximum absolute atomic E-state index is 5.39. The molecule has 0 amide bonds. The van der Waals surface area contributed by atoms with Gasteiger partial charge in [-0.2, -0.15) is 0 Å². The van der Waals surface area contributed by atoms with Gasteiger partial charge in [0.2, 0.25) is 0 Å². The fraction of sp³-hybridized carbons (Fsp3) is 0.262. The molecule has 0 fully saturated rings. The van der Waals surface area contributed by atoms with Crippen LogP contribution in [0.25, 0.3) is 41.1 Å². The van der Waals surface area contributed by atoms with Crippen LogP contribution in [0.1, 0.15) is 89.3 Å². The van der Waals surface area contributed by atoms with Crippen LogP contribution in [0.3, 0.4) is 0 Å². The molecule has 4 heteroatoms. The summed E-state index contributed by atoms with van der Waals surface area (Å²) in [6.07, 6.45) is 30.3. The summed E-state index contributed by atoms with van der Waals surface area (Å²) in [6, 6.07) is 4.63. The van der Waals surface area contributed by atoms with Crippen LogP contribution in [0, 0.1) is 5.92 Å². The lowest BCUT2D eigenvalue weighted by molar-refractivity contribution is 0.693. The normalized spacial score (nSPS) is 28.0. The summed E-state index contributed by atoms with van der Waals surface area (Å²) in [6.45, 7) is 13.5. The molecule has 3 heterocycles. The maximum Gasteiger partial charge on any atom is 0.145 e. The van der Waals surface area contributed by atoms with Gasteiger partial charge in [-0.25, -0.2) is 4.98 Å². The lowest BCUT2D eigenvalue weighted by Crippen LogP contribution is -2.36. The van der Waals surface area contributed by atoms with Gasteiger partial charge in [-0.1, -0.05) is 86.9 Å². The molecule has 0 spiro atoms. The monoisotopic (exact) mass is 598 g/mol. The third-order valence-electron chi connectivity index (χ3n) is 11.1. The van der Waals surface area contributed by atoms with Crippen molar-refractivity contribution in [3.05, 3.63) is 129 Å². The second-order valence-corrected chi connectivity index (χ2v) is 13.5. The van der Waals surface area contributed by atoms with Gasteiger partial charge in [-0.15, -0.1) is 0 Å². The molecular weight excluding hydrogens is 560 g/mol. The van der Waals surface area contributed by atoms with Gasteiger partial charge in [-0.3, -0.25) is 14.4 Å². The molecule has 4 unspecified atom stereocenters. The Labute approximate surface area is 270 Å². The van der Waals surface area contributed by atoms with Crippen LogP contribution in [0.2, 0.25) is 0 Å². The van der Waals surface area contributed by atoms with Gasteiger partial charge in [0.05, 0.1) is 22.8 Å². The molecule has 5 atom stereocenters. The predicted octanol–water partition coefficient (Wildman–Crippen LogP) is 7.51. The standard InChI is InChI=1S/C42H38N4/c1-6-26-15-18-29(30-19-16-27-12-7-10-23(2)35(27)37(26)30)28-17-20-31-33(22-28)36-24(3)11-8-14-34(36)46-41-32-13-9-21-44-40(32)38(43-5)25(4)39(41)45-42(31)46/h6-10,13-21,24,27-28,32,40H,2,4,11-12,22H2,1,3,5H3/b26-6-,43-38?/t24-,27?,28?,32?,40?/m1/s1. The van der Waals surface area contributed by atoms with Gasteiger partial charge in [0.25, 0.3) is 0 Å². The Hall–Kier alpha value is -4.83. The summed E-state index contributed by atoms with van der Waals surface area (Å²) in [5.74, 6) is 1.16. The molecule has 46 heavy (non-hydrogen) atoms. The van der Waals surface area contributed by atoms with Crippen molar-refractivity contribution in [1.29, 1.82) is 0 Å². The molecule has 2 aromatic heterocycles. The first-order valence-corrected chi connectivity index (χ1v) is 16.7. The smallest absolute Gasteiger partial charge is 0.145 e. The minimum atomic E-state index is -0.0673. The largest absolute Gasteiger partial charge is 0.295 e. The highest BCUT2D eigenvalue weighted by atomic mass is 15.1. The molecule has 1 aromatic carbocycles. The molecule has 0 N–H and O–H groups in total. The number of imidazole rings is 1. The second-order valence-electron chi connectivity index (χ2n) is 13.5. The van der Waals surface area contributed by atoms with E-state index in [-0.39, 0.29) is 17.9 Å². The van der Waals surface area contributed by atoms with Crippen LogP contribution in [-0.2, 0) is 6.42 Å². The molecule has 0 bridgehead atoms. The third kappa shape index (κ3) is 3.64. The van der Waals surface area contributed by atoms with Gasteiger partial charge >= 0.3 is 0 Å². The molecule has 0 radical (unpaired) electrons. The Kier molecular flexibility index (Phi) is 6.02. The highest BCUT2D eigenvalue weighted by molar-refractivity contribution is 6.28. The van der Waals surface area contributed by atoms with E-state index >= 15 is 0 Å². The van der Waals surface area contributed by atoms with Gasteiger partial charge in [0, 0.05) is 42.2 Å². The molecule has 4 nitrogen and oxygen atoms in total. The van der Waals surface area contributed by atoms with Gasteiger partial charge in [0.1, 0.15) is 11.7 Å². The Morgan fingerprint density at radius 3 is 2.65 bits per heavy atom. The summed E-state index contributed by atoms with van der Waals surface area (Å²) in [4.78, 5) is 14.9. The predicted molar refractivity (Wildman–Crippen MR) is 194 cm³/mol. The Bertz CT molecular complexity index is 2270. The average molecular weight is 599 g/mol. The van der Waals surface area contributed by atoms with Crippen LogP contribution < -0.4 is 10.4 Å². The van der Waals surface area contributed by atoms with Crippen molar-refractivity contribution in [2.75, 3.05) is 7.05 Å². The number of benzene rings is 1. The van der Waals surface area contributed by atoms with Gasteiger partial charge < -0.3 is 0 Å². The second kappa shape index (κ2) is 10.1. The summed E-state index contributed by atoms with van der Waals surface area (Å²) in [5, 5.41) is 2.68. The number of pyridine rings is 1. The molecule has 9 rings (SSSR count). The zero-order valence-corrected chi connectivity index (χ0v) is 26.8. The van der Waals surface area contributed by atoms with Crippen LogP contribution in [0.15, 0.2) is 83.4 Å². The van der Waals surface area contributed by atoms with Crippen LogP contribution >= 0.6 is 0 Å². The van der Waals surface area contributed by atoms with Gasteiger partial charge in [-0.05, 0) is 88.1 Å². The lowest BCUT2D eigenvalue weighted by atomic mass is 9.74. The van der Waals surface area contributed by atoms with Crippen molar-refractivity contribution in [3.8, 4) is 0 Å². The number of hydrogen-bond acceptors (Lipinski definition) is 3. The van der Waals surface area contributed by atoms with Crippen LogP contribution in [-0.4, -0.2) is 34.4 Å². The Balaban J connectivity index is 1.27. The van der Waals surface area contributed by atoms with E-state index in [1.54, 1.807) is 0 Å². The molecule has 3 aromatic rings. The van der Waals surface area contributed by atoms with Crippen molar-refractivity contribution in [2.45, 2.75) is 56.9 Å². The van der Waals surface area contributed by atoms with Crippen LogP contribution in [0.4, 0.5) is 0 Å². The number of dihydropyridines is 1. The molecule has 5 aliphatic carbocycles. The number of nitrogens with zero attached hydrogens (tertiary/aromatic N) is 4. The summed E-state index contributed by atoms with van der Waals surface area (Å²) >= 11 is 0. The number of aliphatic imine (C=N–C) groups is 2. The zero-order chi connectivity index (χ0) is 31.3. The summed E-state index contributed by atoms with van der Waals surface area (Å²) in [5.41, 5.74) is 15.7. The first-order chi connectivity index (χ1) is 22.5. The number of allylic oxidation sites excluding steroid dienone is 7. The minimum Gasteiger partial charge on any atom is -0.295 e. The first-order valence-electron chi connectivity index (χ1n) is 16.7. The van der Waals surface area contributed by atoms with Crippen molar-refractivity contribution in [1.82, 2.24) is 9.38 Å². The van der Waals surface area contributed by atoms with Crippen molar-refractivity contribution in [2.24, 2.45) is 15.9 Å². The van der Waals surface area contributed by atoms with E-state index in [1.807, 2.05) is 13.3 Å². The SMILES string of the molecule is C=C1C=CCC2C=Cc3c(C4C=Cc5c(c6c(n7c8c(nc57)C(=C)C(=NC)C5N=CC=CC85)C=CC[C@H]6C)C4)cc/c(=C/C)c3=C12. The molecular formula is C42H38N4. The lowest BCUT2D eigenvalue weighted by Gasteiger charge is -2.33. The summed E-state index contributed by atoms with van der Waals surface area (Å²) in [7, 11) is 1.85. The van der Waals surface area contributed by atoms with Crippen molar-refractivity contribution in [3.63, 3.8) is 0 Å². The third-order valence-corrected chi connectivity index (χ3v) is 11.1. The number of rotatable bonds is 1. The van der Waals surface area contributed by atoms with Crippen LogP contribution in [0.5, 0.6) is 0 Å². The number of aromatic nitrogens is 2. The molecule has 0 saturated heterocycles. The number of hydrogen-bond donors (Lipinski definition) is 0. The highest BCUT2D eigenvalue weighted by Gasteiger charge is 2.41. The minimum absolute atomic E-state index is 0.0673. The molecule has 226 valence electrons. The molecule has 6 aliphatic rings.